The predicted molar refractivity (Wildman–Crippen MR) is 325 cm³/mol. The Morgan fingerprint density at radius 2 is 0.520 bits per heavy atom. The molecular weight excluding hydrogens is 925 g/mol. The number of carbonyl (C=O) groups excluding carboxylic acids is 3. The molecule has 0 fully saturated rings. The molecule has 0 saturated heterocycles. The molecule has 0 aromatic rings. The lowest BCUT2D eigenvalue weighted by Gasteiger charge is -2.18. The summed E-state index contributed by atoms with van der Waals surface area (Å²) in [4.78, 5) is 38.3. The average molecular weight is 1050 g/mol. The number of rotatable bonds is 58. The molecule has 0 aromatic heterocycles. The van der Waals surface area contributed by atoms with Gasteiger partial charge in [-0.25, -0.2) is 0 Å². The molecule has 6 heteroatoms. The maximum Gasteiger partial charge on any atom is 0.306 e. The molecule has 0 aliphatic carbocycles. The first kappa shape index (κ1) is 71.6. The number of unbranched alkanes of at least 4 members (excludes halogenated alkanes) is 33. The summed E-state index contributed by atoms with van der Waals surface area (Å²) >= 11 is 0. The lowest BCUT2D eigenvalue weighted by Crippen LogP contribution is -2.30. The van der Waals surface area contributed by atoms with Crippen molar-refractivity contribution in [3.05, 3.63) is 85.1 Å². The molecule has 1 atom stereocenters. The molecule has 0 aliphatic heterocycles. The van der Waals surface area contributed by atoms with Crippen LogP contribution in [-0.4, -0.2) is 37.2 Å². The Bertz CT molecular complexity index is 1430. The minimum Gasteiger partial charge on any atom is -0.462 e. The number of carbonyl (C=O) groups is 3. The zero-order valence-electron chi connectivity index (χ0n) is 49.6. The van der Waals surface area contributed by atoms with Crippen LogP contribution in [0.1, 0.15) is 316 Å². The Balaban J connectivity index is 4.43. The lowest BCUT2D eigenvalue weighted by atomic mass is 10.0. The van der Waals surface area contributed by atoms with E-state index in [0.717, 1.165) is 109 Å². The molecule has 0 spiro atoms. The fourth-order valence-corrected chi connectivity index (χ4v) is 9.09. The molecule has 0 radical (unpaired) electrons. The van der Waals surface area contributed by atoms with Crippen molar-refractivity contribution >= 4 is 17.9 Å². The standard InChI is InChI=1S/C69H120O6/c1-4-7-10-13-16-19-22-25-28-31-34-36-38-41-44-47-50-53-56-59-62-68(71)74-65-66(64-73-67(70)61-58-55-52-49-46-43-40-37-33-30-27-24-21-18-15-12-9-6-3)75-69(72)63-60-57-54-51-48-45-42-39-35-32-29-26-23-20-17-14-11-8-5-2/h8,11,17,20-21,24,26,29-30,33,35,39,45,48,66H,4-7,9-10,12-16,18-19,22-23,25,27-28,31-32,34,36-38,40-44,46-47,49-65H2,1-3H3/b11-8-,20-17-,24-21-,29-26-,33-30-,39-35-,48-45-. The molecule has 75 heavy (non-hydrogen) atoms. The average Bonchev–Trinajstić information content (AvgIpc) is 3.41. The van der Waals surface area contributed by atoms with Gasteiger partial charge in [0.1, 0.15) is 13.2 Å². The van der Waals surface area contributed by atoms with Crippen LogP contribution < -0.4 is 0 Å². The molecule has 0 amide bonds. The molecule has 0 heterocycles. The van der Waals surface area contributed by atoms with Crippen molar-refractivity contribution in [1.82, 2.24) is 0 Å². The van der Waals surface area contributed by atoms with Gasteiger partial charge in [-0.15, -0.1) is 0 Å². The van der Waals surface area contributed by atoms with Crippen LogP contribution in [0.25, 0.3) is 0 Å². The van der Waals surface area contributed by atoms with Gasteiger partial charge in [0.25, 0.3) is 0 Å². The van der Waals surface area contributed by atoms with Crippen LogP contribution in [0.4, 0.5) is 0 Å². The summed E-state index contributed by atoms with van der Waals surface area (Å²) in [6, 6.07) is 0. The fraction of sp³-hybridized carbons (Fsp3) is 0.754. The zero-order valence-corrected chi connectivity index (χ0v) is 49.6. The van der Waals surface area contributed by atoms with Gasteiger partial charge in [-0.3, -0.25) is 14.4 Å². The highest BCUT2D eigenvalue weighted by Gasteiger charge is 2.19. The highest BCUT2D eigenvalue weighted by molar-refractivity contribution is 5.71. The van der Waals surface area contributed by atoms with Crippen molar-refractivity contribution < 1.29 is 28.6 Å². The summed E-state index contributed by atoms with van der Waals surface area (Å²) in [6.45, 7) is 6.52. The van der Waals surface area contributed by atoms with E-state index in [1.54, 1.807) is 0 Å². The predicted octanol–water partition coefficient (Wildman–Crippen LogP) is 21.9. The van der Waals surface area contributed by atoms with Crippen molar-refractivity contribution in [2.75, 3.05) is 13.2 Å². The Morgan fingerprint density at radius 3 is 0.840 bits per heavy atom. The molecule has 0 aromatic carbocycles. The summed E-state index contributed by atoms with van der Waals surface area (Å²) in [5, 5.41) is 0. The zero-order chi connectivity index (χ0) is 54.3. The van der Waals surface area contributed by atoms with E-state index in [1.807, 2.05) is 0 Å². The first-order chi connectivity index (χ1) is 37.0. The van der Waals surface area contributed by atoms with Crippen LogP contribution >= 0.6 is 0 Å². The second kappa shape index (κ2) is 63.1. The second-order valence-electron chi connectivity index (χ2n) is 21.3. The fourth-order valence-electron chi connectivity index (χ4n) is 9.09. The highest BCUT2D eigenvalue weighted by Crippen LogP contribution is 2.17. The molecule has 6 nitrogen and oxygen atoms in total. The van der Waals surface area contributed by atoms with E-state index < -0.39 is 6.10 Å². The van der Waals surface area contributed by atoms with Gasteiger partial charge >= 0.3 is 17.9 Å². The molecule has 0 saturated carbocycles. The summed E-state index contributed by atoms with van der Waals surface area (Å²) in [6.07, 6.45) is 83.0. The minimum absolute atomic E-state index is 0.0901. The summed E-state index contributed by atoms with van der Waals surface area (Å²) in [5.74, 6) is -0.917. The van der Waals surface area contributed by atoms with Gasteiger partial charge in [0.2, 0.25) is 0 Å². The van der Waals surface area contributed by atoms with Crippen molar-refractivity contribution in [1.29, 1.82) is 0 Å². The first-order valence-corrected chi connectivity index (χ1v) is 32.1. The molecule has 0 bridgehead atoms. The van der Waals surface area contributed by atoms with E-state index in [4.69, 9.17) is 14.2 Å². The van der Waals surface area contributed by atoms with Crippen LogP contribution in [0, 0.1) is 0 Å². The van der Waals surface area contributed by atoms with E-state index in [0.29, 0.717) is 12.8 Å². The van der Waals surface area contributed by atoms with Crippen molar-refractivity contribution in [3.63, 3.8) is 0 Å². The number of hydrogen-bond acceptors (Lipinski definition) is 6. The molecule has 432 valence electrons. The third-order valence-electron chi connectivity index (χ3n) is 13.9. The van der Waals surface area contributed by atoms with Crippen LogP contribution in [0.3, 0.4) is 0 Å². The topological polar surface area (TPSA) is 78.9 Å². The summed E-state index contributed by atoms with van der Waals surface area (Å²) in [7, 11) is 0. The Kier molecular flexibility index (Phi) is 60.3. The number of ether oxygens (including phenoxy) is 3. The lowest BCUT2D eigenvalue weighted by molar-refractivity contribution is -0.167. The van der Waals surface area contributed by atoms with Crippen molar-refractivity contribution in [2.45, 2.75) is 322 Å². The molecule has 0 aliphatic rings. The van der Waals surface area contributed by atoms with Crippen LogP contribution in [0.5, 0.6) is 0 Å². The van der Waals surface area contributed by atoms with Gasteiger partial charge in [0, 0.05) is 19.3 Å². The van der Waals surface area contributed by atoms with Gasteiger partial charge in [-0.1, -0.05) is 286 Å². The first-order valence-electron chi connectivity index (χ1n) is 32.1. The number of hydrogen-bond donors (Lipinski definition) is 0. The summed E-state index contributed by atoms with van der Waals surface area (Å²) in [5.41, 5.74) is 0. The Morgan fingerprint density at radius 1 is 0.280 bits per heavy atom. The van der Waals surface area contributed by atoms with Crippen molar-refractivity contribution in [2.24, 2.45) is 0 Å². The Labute approximate surface area is 465 Å². The van der Waals surface area contributed by atoms with E-state index in [-0.39, 0.29) is 37.5 Å². The second-order valence-corrected chi connectivity index (χ2v) is 21.3. The molecular formula is C69H120O6. The SMILES string of the molecule is CC/C=C\C/C=C\C/C=C\C/C=C\C/C=C\CCCCCC(=O)OC(COC(=O)CCCCCCCCC/C=C\C/C=C\CCCCCC)COC(=O)CCCCCCCCCCCCCCCCCCCCCC. The largest absolute Gasteiger partial charge is 0.462 e. The molecule has 0 N–H and O–H groups in total. The third kappa shape index (κ3) is 61.3. The van der Waals surface area contributed by atoms with Gasteiger partial charge in [-0.05, 0) is 96.3 Å². The summed E-state index contributed by atoms with van der Waals surface area (Å²) < 4.78 is 16.9. The Hall–Kier alpha value is -3.41. The normalized spacial score (nSPS) is 12.6. The van der Waals surface area contributed by atoms with E-state index in [1.165, 1.54) is 167 Å². The van der Waals surface area contributed by atoms with Crippen LogP contribution in [0.15, 0.2) is 85.1 Å². The van der Waals surface area contributed by atoms with Gasteiger partial charge in [-0.2, -0.15) is 0 Å². The number of allylic oxidation sites excluding steroid dienone is 14. The van der Waals surface area contributed by atoms with E-state index >= 15 is 0 Å². The maximum absolute atomic E-state index is 12.9. The minimum atomic E-state index is -0.798. The van der Waals surface area contributed by atoms with E-state index in [9.17, 15) is 14.4 Å². The van der Waals surface area contributed by atoms with Gasteiger partial charge in [0.05, 0.1) is 0 Å². The quantitative estimate of drug-likeness (QED) is 0.0261. The smallest absolute Gasteiger partial charge is 0.306 e. The van der Waals surface area contributed by atoms with Gasteiger partial charge < -0.3 is 14.2 Å². The maximum atomic E-state index is 12.9. The monoisotopic (exact) mass is 1040 g/mol. The third-order valence-corrected chi connectivity index (χ3v) is 13.9. The van der Waals surface area contributed by atoms with Crippen molar-refractivity contribution in [3.8, 4) is 0 Å². The number of esters is 3. The van der Waals surface area contributed by atoms with Crippen LogP contribution in [0.2, 0.25) is 0 Å². The van der Waals surface area contributed by atoms with Gasteiger partial charge in [0.15, 0.2) is 6.10 Å². The molecule has 1 unspecified atom stereocenters. The van der Waals surface area contributed by atoms with E-state index in [2.05, 4.69) is 106 Å². The molecule has 0 rings (SSSR count). The highest BCUT2D eigenvalue weighted by atomic mass is 16.6. The van der Waals surface area contributed by atoms with Crippen LogP contribution in [-0.2, 0) is 28.6 Å².